The number of para-hydroxylation sites is 1. The lowest BCUT2D eigenvalue weighted by atomic mass is 9.93. The van der Waals surface area contributed by atoms with E-state index in [0.717, 1.165) is 0 Å². The van der Waals surface area contributed by atoms with Gasteiger partial charge in [-0.05, 0) is 92.7 Å². The van der Waals surface area contributed by atoms with E-state index in [1.807, 2.05) is 11.3 Å². The third-order valence-corrected chi connectivity index (χ3v) is 10.9. The summed E-state index contributed by atoms with van der Waals surface area (Å²) < 4.78 is 5.14. The molecule has 10 rings (SSSR count). The predicted molar refractivity (Wildman–Crippen MR) is 207 cm³/mol. The van der Waals surface area contributed by atoms with E-state index in [-0.39, 0.29) is 0 Å². The van der Waals surface area contributed by atoms with Crippen molar-refractivity contribution in [2.75, 3.05) is 0 Å². The molecule has 224 valence electrons. The highest BCUT2D eigenvalue weighted by atomic mass is 32.1. The Bertz CT molecular complexity index is 2750. The molecular weight excluding hydrogens is 599 g/mol. The Balaban J connectivity index is 1.17. The van der Waals surface area contributed by atoms with Gasteiger partial charge in [0, 0.05) is 31.9 Å². The minimum atomic E-state index is 1.17. The molecule has 0 atom stereocenters. The molecule has 1 nitrogen and oxygen atoms in total. The van der Waals surface area contributed by atoms with Crippen molar-refractivity contribution in [3.8, 4) is 39.1 Å². The number of nitrogens with zero attached hydrogens (tertiary/aromatic N) is 1. The number of aromatic nitrogens is 1. The standard InChI is InChI=1S/C46H29NS/c1-3-11-30(12-4-1)35-25-36(31-13-5-2-6-14-31)27-37(26-35)32-19-21-38(22-20-32)47-43-18-10-9-17-39(43)40-23-24-41-42-28-33-15-7-8-16-34(33)29-44(42)48-46(41)45(40)47/h1-29H. The topological polar surface area (TPSA) is 4.93 Å². The van der Waals surface area contributed by atoms with Crippen molar-refractivity contribution >= 4 is 64.1 Å². The smallest absolute Gasteiger partial charge is 0.0719 e. The summed E-state index contributed by atoms with van der Waals surface area (Å²) in [5.74, 6) is 0. The molecule has 8 aromatic carbocycles. The third-order valence-electron chi connectivity index (χ3n) is 9.75. The van der Waals surface area contributed by atoms with Crippen molar-refractivity contribution in [2.24, 2.45) is 0 Å². The van der Waals surface area contributed by atoms with Gasteiger partial charge >= 0.3 is 0 Å². The molecule has 0 aliphatic carbocycles. The maximum atomic E-state index is 2.47. The van der Waals surface area contributed by atoms with Crippen LogP contribution in [0.3, 0.4) is 0 Å². The van der Waals surface area contributed by atoms with Crippen molar-refractivity contribution < 1.29 is 0 Å². The van der Waals surface area contributed by atoms with E-state index in [1.165, 1.54) is 91.8 Å². The first-order chi connectivity index (χ1) is 23.8. The van der Waals surface area contributed by atoms with Gasteiger partial charge in [0.05, 0.1) is 15.7 Å². The molecule has 0 fully saturated rings. The van der Waals surface area contributed by atoms with Gasteiger partial charge in [0.15, 0.2) is 0 Å². The van der Waals surface area contributed by atoms with Gasteiger partial charge in [-0.15, -0.1) is 11.3 Å². The molecule has 2 aromatic heterocycles. The van der Waals surface area contributed by atoms with Crippen LogP contribution in [0, 0.1) is 0 Å². The van der Waals surface area contributed by atoms with Crippen LogP contribution < -0.4 is 0 Å². The lowest BCUT2D eigenvalue weighted by Gasteiger charge is -2.13. The van der Waals surface area contributed by atoms with Crippen LogP contribution in [0.4, 0.5) is 0 Å². The number of fused-ring (bicyclic) bond motifs is 8. The van der Waals surface area contributed by atoms with Gasteiger partial charge < -0.3 is 4.57 Å². The van der Waals surface area contributed by atoms with Crippen LogP contribution in [0.25, 0.3) is 91.8 Å². The largest absolute Gasteiger partial charge is 0.308 e. The zero-order valence-corrected chi connectivity index (χ0v) is 26.9. The van der Waals surface area contributed by atoms with Crippen LogP contribution in [0.5, 0.6) is 0 Å². The van der Waals surface area contributed by atoms with Gasteiger partial charge in [0.25, 0.3) is 0 Å². The number of rotatable bonds is 4. The summed E-state index contributed by atoms with van der Waals surface area (Å²) in [6.07, 6.45) is 0. The van der Waals surface area contributed by atoms with Crippen LogP contribution in [-0.2, 0) is 0 Å². The maximum absolute atomic E-state index is 2.47. The Morgan fingerprint density at radius 1 is 0.354 bits per heavy atom. The number of benzene rings is 8. The lowest BCUT2D eigenvalue weighted by Crippen LogP contribution is -1.94. The van der Waals surface area contributed by atoms with Crippen molar-refractivity contribution in [1.82, 2.24) is 4.57 Å². The molecule has 48 heavy (non-hydrogen) atoms. The van der Waals surface area contributed by atoms with Crippen LogP contribution in [0.2, 0.25) is 0 Å². The van der Waals surface area contributed by atoms with E-state index >= 15 is 0 Å². The molecule has 0 N–H and O–H groups in total. The van der Waals surface area contributed by atoms with Crippen molar-refractivity contribution in [3.05, 3.63) is 176 Å². The molecular formula is C46H29NS. The van der Waals surface area contributed by atoms with Gasteiger partial charge in [-0.25, -0.2) is 0 Å². The molecule has 0 unspecified atom stereocenters. The monoisotopic (exact) mass is 627 g/mol. The van der Waals surface area contributed by atoms with E-state index in [2.05, 4.69) is 180 Å². The van der Waals surface area contributed by atoms with Gasteiger partial charge in [-0.1, -0.05) is 127 Å². The predicted octanol–water partition coefficient (Wildman–Crippen LogP) is 13.3. The summed E-state index contributed by atoms with van der Waals surface area (Å²) in [5.41, 5.74) is 11.0. The fourth-order valence-electron chi connectivity index (χ4n) is 7.43. The van der Waals surface area contributed by atoms with Crippen LogP contribution in [0.15, 0.2) is 176 Å². The first kappa shape index (κ1) is 27.2. The minimum absolute atomic E-state index is 1.17. The lowest BCUT2D eigenvalue weighted by molar-refractivity contribution is 1.19. The van der Waals surface area contributed by atoms with E-state index in [4.69, 9.17) is 0 Å². The molecule has 0 aliphatic heterocycles. The SMILES string of the molecule is c1ccc(-c2cc(-c3ccccc3)cc(-c3ccc(-n4c5ccccc5c5ccc6c7cc8ccccc8cc7sc6c54)cc3)c2)cc1. The highest BCUT2D eigenvalue weighted by Gasteiger charge is 2.18. The number of hydrogen-bond donors (Lipinski definition) is 0. The summed E-state index contributed by atoms with van der Waals surface area (Å²) in [5, 5.41) is 7.80. The Hall–Kier alpha value is -5.96. The Morgan fingerprint density at radius 2 is 0.896 bits per heavy atom. The van der Waals surface area contributed by atoms with Gasteiger partial charge in [-0.3, -0.25) is 0 Å². The quantitative estimate of drug-likeness (QED) is 0.183. The zero-order valence-electron chi connectivity index (χ0n) is 26.1. The first-order valence-electron chi connectivity index (χ1n) is 16.4. The minimum Gasteiger partial charge on any atom is -0.308 e. The first-order valence-corrected chi connectivity index (χ1v) is 17.2. The second-order valence-corrected chi connectivity index (χ2v) is 13.6. The number of hydrogen-bond acceptors (Lipinski definition) is 1. The second-order valence-electron chi connectivity index (χ2n) is 12.6. The molecule has 2 heterocycles. The van der Waals surface area contributed by atoms with Crippen LogP contribution >= 0.6 is 11.3 Å². The highest BCUT2D eigenvalue weighted by molar-refractivity contribution is 7.26. The molecule has 0 spiro atoms. The molecule has 2 heteroatoms. The number of thiophene rings is 1. The van der Waals surface area contributed by atoms with E-state index in [9.17, 15) is 0 Å². The Kier molecular flexibility index (Phi) is 6.12. The third kappa shape index (κ3) is 4.31. The van der Waals surface area contributed by atoms with Crippen LogP contribution in [-0.4, -0.2) is 4.57 Å². The summed E-state index contributed by atoms with van der Waals surface area (Å²) in [6, 6.07) is 64.3. The van der Waals surface area contributed by atoms with Crippen molar-refractivity contribution in [1.29, 1.82) is 0 Å². The van der Waals surface area contributed by atoms with E-state index in [1.54, 1.807) is 0 Å². The van der Waals surface area contributed by atoms with Crippen molar-refractivity contribution in [3.63, 3.8) is 0 Å². The van der Waals surface area contributed by atoms with Gasteiger partial charge in [-0.2, -0.15) is 0 Å². The van der Waals surface area contributed by atoms with Crippen molar-refractivity contribution in [2.45, 2.75) is 0 Å². The summed E-state index contributed by atoms with van der Waals surface area (Å²) in [7, 11) is 0. The fourth-order valence-corrected chi connectivity index (χ4v) is 8.70. The molecule has 0 bridgehead atoms. The van der Waals surface area contributed by atoms with Crippen LogP contribution in [0.1, 0.15) is 0 Å². The molecule has 0 amide bonds. The fraction of sp³-hybridized carbons (Fsp3) is 0. The molecule has 0 saturated carbocycles. The second kappa shape index (κ2) is 10.8. The van der Waals surface area contributed by atoms with E-state index in [0.29, 0.717) is 0 Å². The summed E-state index contributed by atoms with van der Waals surface area (Å²) in [4.78, 5) is 0. The summed E-state index contributed by atoms with van der Waals surface area (Å²) in [6.45, 7) is 0. The molecule has 0 saturated heterocycles. The highest BCUT2D eigenvalue weighted by Crippen LogP contribution is 2.44. The average molecular weight is 628 g/mol. The Morgan fingerprint density at radius 3 is 1.56 bits per heavy atom. The Labute approximate surface area is 282 Å². The maximum Gasteiger partial charge on any atom is 0.0719 e. The molecule has 10 aromatic rings. The average Bonchev–Trinajstić information content (AvgIpc) is 3.70. The summed E-state index contributed by atoms with van der Waals surface area (Å²) >= 11 is 1.91. The zero-order chi connectivity index (χ0) is 31.6. The molecule has 0 radical (unpaired) electrons. The molecule has 0 aliphatic rings. The van der Waals surface area contributed by atoms with Gasteiger partial charge in [0.2, 0.25) is 0 Å². The van der Waals surface area contributed by atoms with E-state index < -0.39 is 0 Å². The normalized spacial score (nSPS) is 11.8. The van der Waals surface area contributed by atoms with Gasteiger partial charge in [0.1, 0.15) is 0 Å².